The number of carbonyl (C=O) groups is 1. The fourth-order valence-corrected chi connectivity index (χ4v) is 2.82. The van der Waals surface area contributed by atoms with Gasteiger partial charge >= 0.3 is 0 Å². The fraction of sp³-hybridized carbons (Fsp3) is 0.353. The highest BCUT2D eigenvalue weighted by atomic mass is 16.5. The molecule has 4 heterocycles. The minimum absolute atomic E-state index is 0.0299. The molecule has 0 unspecified atom stereocenters. The third-order valence-corrected chi connectivity index (χ3v) is 4.10. The Hall–Kier alpha value is -2.63. The monoisotopic (exact) mass is 311 g/mol. The Kier molecular flexibility index (Phi) is 3.57. The number of rotatable bonds is 3. The number of amides is 1. The molecular formula is C17H17N3O3. The Labute approximate surface area is 134 Å². The molecule has 1 saturated heterocycles. The lowest BCUT2D eigenvalue weighted by molar-refractivity contribution is 0.0173. The largest absolute Gasteiger partial charge is 0.492 e. The van der Waals surface area contributed by atoms with Crippen LogP contribution >= 0.6 is 0 Å². The van der Waals surface area contributed by atoms with Crippen LogP contribution in [0.4, 0.5) is 0 Å². The number of aryl methyl sites for hydroxylation is 1. The molecule has 118 valence electrons. The van der Waals surface area contributed by atoms with Crippen molar-refractivity contribution >= 4 is 5.91 Å². The number of hydrogen-bond acceptors (Lipinski definition) is 5. The lowest BCUT2D eigenvalue weighted by Crippen LogP contribution is -2.56. The molecule has 23 heavy (non-hydrogen) atoms. The maximum Gasteiger partial charge on any atom is 0.272 e. The number of likely N-dealkylation sites (tertiary alicyclic amines) is 1. The van der Waals surface area contributed by atoms with Crippen molar-refractivity contribution in [3.8, 4) is 11.5 Å². The zero-order valence-corrected chi connectivity index (χ0v) is 12.6. The maximum absolute atomic E-state index is 12.5. The quantitative estimate of drug-likeness (QED) is 0.863. The van der Waals surface area contributed by atoms with Gasteiger partial charge in [-0.3, -0.25) is 9.78 Å². The number of hydrogen-bond donors (Lipinski definition) is 0. The van der Waals surface area contributed by atoms with Gasteiger partial charge < -0.3 is 14.4 Å². The molecule has 0 radical (unpaired) electrons. The Balaban J connectivity index is 1.38. The highest BCUT2D eigenvalue weighted by Gasteiger charge is 2.33. The van der Waals surface area contributed by atoms with E-state index < -0.39 is 0 Å². The second kappa shape index (κ2) is 5.87. The summed E-state index contributed by atoms with van der Waals surface area (Å²) in [6.45, 7) is 1.88. The molecule has 0 aromatic carbocycles. The van der Waals surface area contributed by atoms with Crippen LogP contribution in [0.2, 0.25) is 0 Å². The molecule has 4 rings (SSSR count). The standard InChI is InChI=1S/C17H17N3O3/c21-17(15-8-12-2-1-7-22-16(12)9-19-15)20-10-14(11-20)23-13-3-5-18-6-4-13/h3-6,8-9,14H,1-2,7,10-11H2. The normalized spacial score (nSPS) is 17.0. The van der Waals surface area contributed by atoms with Gasteiger partial charge in [-0.1, -0.05) is 0 Å². The molecule has 6 nitrogen and oxygen atoms in total. The van der Waals surface area contributed by atoms with Gasteiger partial charge in [-0.2, -0.15) is 0 Å². The first-order chi connectivity index (χ1) is 11.3. The van der Waals surface area contributed by atoms with E-state index in [1.54, 1.807) is 23.5 Å². The average molecular weight is 311 g/mol. The van der Waals surface area contributed by atoms with Crippen LogP contribution in [0.25, 0.3) is 0 Å². The SMILES string of the molecule is O=C(c1cc2c(cn1)OCCC2)N1CC(Oc2ccncc2)C1. The molecule has 0 spiro atoms. The van der Waals surface area contributed by atoms with Gasteiger partial charge in [0.1, 0.15) is 23.3 Å². The third kappa shape index (κ3) is 2.84. The number of nitrogens with zero attached hydrogens (tertiary/aromatic N) is 3. The smallest absolute Gasteiger partial charge is 0.272 e. The number of pyridine rings is 2. The molecule has 0 bridgehead atoms. The van der Waals surface area contributed by atoms with Crippen molar-refractivity contribution in [1.29, 1.82) is 0 Å². The van der Waals surface area contributed by atoms with Gasteiger partial charge in [0.05, 0.1) is 25.9 Å². The van der Waals surface area contributed by atoms with Gasteiger partial charge in [-0.15, -0.1) is 0 Å². The fourth-order valence-electron chi connectivity index (χ4n) is 2.82. The molecule has 6 heteroatoms. The van der Waals surface area contributed by atoms with E-state index in [4.69, 9.17) is 9.47 Å². The Morgan fingerprint density at radius 3 is 2.96 bits per heavy atom. The minimum Gasteiger partial charge on any atom is -0.492 e. The Morgan fingerprint density at radius 2 is 2.13 bits per heavy atom. The van der Waals surface area contributed by atoms with Crippen molar-refractivity contribution in [3.05, 3.63) is 48.0 Å². The first kappa shape index (κ1) is 14.0. The predicted octanol–water partition coefficient (Wildman–Crippen LogP) is 1.70. The van der Waals surface area contributed by atoms with E-state index in [1.165, 1.54) is 0 Å². The topological polar surface area (TPSA) is 64.5 Å². The second-order valence-electron chi connectivity index (χ2n) is 5.76. The van der Waals surface area contributed by atoms with Gasteiger partial charge in [-0.25, -0.2) is 4.98 Å². The molecule has 2 aliphatic rings. The van der Waals surface area contributed by atoms with Gasteiger partial charge in [0.2, 0.25) is 0 Å². The molecule has 0 aliphatic carbocycles. The van der Waals surface area contributed by atoms with Crippen LogP contribution in [0, 0.1) is 0 Å². The van der Waals surface area contributed by atoms with Crippen LogP contribution in [-0.2, 0) is 6.42 Å². The maximum atomic E-state index is 12.5. The molecule has 0 saturated carbocycles. The summed E-state index contributed by atoms with van der Waals surface area (Å²) in [5.41, 5.74) is 1.55. The zero-order valence-electron chi connectivity index (χ0n) is 12.6. The van der Waals surface area contributed by atoms with Crippen LogP contribution in [0.3, 0.4) is 0 Å². The zero-order chi connectivity index (χ0) is 15.6. The van der Waals surface area contributed by atoms with Crippen molar-refractivity contribution in [1.82, 2.24) is 14.9 Å². The van der Waals surface area contributed by atoms with Crippen molar-refractivity contribution < 1.29 is 14.3 Å². The first-order valence-corrected chi connectivity index (χ1v) is 7.77. The summed E-state index contributed by atoms with van der Waals surface area (Å²) >= 11 is 0. The molecular weight excluding hydrogens is 294 g/mol. The number of ether oxygens (including phenoxy) is 2. The van der Waals surface area contributed by atoms with Crippen molar-refractivity contribution in [2.24, 2.45) is 0 Å². The molecule has 1 amide bonds. The van der Waals surface area contributed by atoms with Gasteiger partial charge in [0, 0.05) is 12.4 Å². The summed E-state index contributed by atoms with van der Waals surface area (Å²) in [5, 5.41) is 0. The second-order valence-corrected chi connectivity index (χ2v) is 5.76. The Bertz CT molecular complexity index is 714. The van der Waals surface area contributed by atoms with Crippen LogP contribution in [0.1, 0.15) is 22.5 Å². The lowest BCUT2D eigenvalue weighted by atomic mass is 10.1. The highest BCUT2D eigenvalue weighted by molar-refractivity contribution is 5.93. The summed E-state index contributed by atoms with van der Waals surface area (Å²) in [6.07, 6.45) is 6.99. The van der Waals surface area contributed by atoms with Crippen LogP contribution < -0.4 is 9.47 Å². The van der Waals surface area contributed by atoms with Crippen LogP contribution in [0.5, 0.6) is 11.5 Å². The molecule has 0 N–H and O–H groups in total. The van der Waals surface area contributed by atoms with E-state index in [0.29, 0.717) is 18.8 Å². The summed E-state index contributed by atoms with van der Waals surface area (Å²) in [6, 6.07) is 5.49. The van der Waals surface area contributed by atoms with Crippen molar-refractivity contribution in [2.45, 2.75) is 18.9 Å². The summed E-state index contributed by atoms with van der Waals surface area (Å²) in [4.78, 5) is 22.4. The highest BCUT2D eigenvalue weighted by Crippen LogP contribution is 2.25. The van der Waals surface area contributed by atoms with Crippen molar-refractivity contribution in [2.75, 3.05) is 19.7 Å². The molecule has 2 aliphatic heterocycles. The van der Waals surface area contributed by atoms with E-state index in [9.17, 15) is 4.79 Å². The van der Waals surface area contributed by atoms with Gasteiger partial charge in [0.15, 0.2) is 0 Å². The van der Waals surface area contributed by atoms with Gasteiger partial charge in [0.25, 0.3) is 5.91 Å². The predicted molar refractivity (Wildman–Crippen MR) is 82.6 cm³/mol. The van der Waals surface area contributed by atoms with E-state index in [0.717, 1.165) is 36.5 Å². The molecule has 2 aromatic rings. The molecule has 0 atom stereocenters. The lowest BCUT2D eigenvalue weighted by Gasteiger charge is -2.38. The van der Waals surface area contributed by atoms with Crippen molar-refractivity contribution in [3.63, 3.8) is 0 Å². The molecule has 1 fully saturated rings. The summed E-state index contributed by atoms with van der Waals surface area (Å²) in [7, 11) is 0. The average Bonchev–Trinajstić information content (AvgIpc) is 2.57. The van der Waals surface area contributed by atoms with Crippen LogP contribution in [0.15, 0.2) is 36.8 Å². The van der Waals surface area contributed by atoms with E-state index in [2.05, 4.69) is 9.97 Å². The first-order valence-electron chi connectivity index (χ1n) is 7.77. The number of carbonyl (C=O) groups excluding carboxylic acids is 1. The molecule has 2 aromatic heterocycles. The third-order valence-electron chi connectivity index (χ3n) is 4.10. The summed E-state index contributed by atoms with van der Waals surface area (Å²) in [5.74, 6) is 1.53. The van der Waals surface area contributed by atoms with E-state index in [-0.39, 0.29) is 12.0 Å². The Morgan fingerprint density at radius 1 is 1.30 bits per heavy atom. The number of aromatic nitrogens is 2. The van der Waals surface area contributed by atoms with Crippen LogP contribution in [-0.4, -0.2) is 46.6 Å². The summed E-state index contributed by atoms with van der Waals surface area (Å²) < 4.78 is 11.3. The van der Waals surface area contributed by atoms with E-state index >= 15 is 0 Å². The van der Waals surface area contributed by atoms with E-state index in [1.807, 2.05) is 18.2 Å². The van der Waals surface area contributed by atoms with Gasteiger partial charge in [-0.05, 0) is 36.6 Å². The number of fused-ring (bicyclic) bond motifs is 1. The minimum atomic E-state index is -0.0482.